The Labute approximate surface area is 103 Å². The number of urea groups is 1. The summed E-state index contributed by atoms with van der Waals surface area (Å²) in [5.74, 6) is 1.08. The molecule has 6 heteroatoms. The Kier molecular flexibility index (Phi) is 3.43. The zero-order valence-electron chi connectivity index (χ0n) is 9.61. The summed E-state index contributed by atoms with van der Waals surface area (Å²) in [6.45, 7) is 4.32. The van der Waals surface area contributed by atoms with Crippen LogP contribution in [0, 0.1) is 13.8 Å². The molecule has 0 spiro atoms. The second-order valence-electron chi connectivity index (χ2n) is 3.64. The van der Waals surface area contributed by atoms with Crippen LogP contribution in [0.1, 0.15) is 15.5 Å². The van der Waals surface area contributed by atoms with E-state index >= 15 is 0 Å². The third-order valence-electron chi connectivity index (χ3n) is 2.09. The predicted molar refractivity (Wildman–Crippen MR) is 66.2 cm³/mol. The number of aryl methyl sites for hydroxylation is 2. The Hall–Kier alpha value is -1.82. The van der Waals surface area contributed by atoms with Gasteiger partial charge in [-0.25, -0.2) is 4.79 Å². The second kappa shape index (κ2) is 5.01. The van der Waals surface area contributed by atoms with Crippen LogP contribution in [0.4, 0.5) is 10.6 Å². The van der Waals surface area contributed by atoms with Crippen LogP contribution < -0.4 is 10.6 Å². The van der Waals surface area contributed by atoms with Crippen molar-refractivity contribution in [2.75, 3.05) is 5.32 Å². The summed E-state index contributed by atoms with van der Waals surface area (Å²) < 4.78 is 4.84. The van der Waals surface area contributed by atoms with E-state index in [1.165, 1.54) is 4.88 Å². The van der Waals surface area contributed by atoms with Crippen molar-refractivity contribution in [1.82, 2.24) is 10.5 Å². The van der Waals surface area contributed by atoms with Crippen LogP contribution in [0.25, 0.3) is 0 Å². The highest BCUT2D eigenvalue weighted by molar-refractivity contribution is 7.11. The molecule has 90 valence electrons. The van der Waals surface area contributed by atoms with E-state index in [0.29, 0.717) is 18.1 Å². The second-order valence-corrected chi connectivity index (χ2v) is 5.02. The van der Waals surface area contributed by atoms with Gasteiger partial charge in [-0.3, -0.25) is 5.32 Å². The number of carbonyl (C=O) groups is 1. The minimum Gasteiger partial charge on any atom is -0.360 e. The van der Waals surface area contributed by atoms with Gasteiger partial charge in [-0.2, -0.15) is 0 Å². The van der Waals surface area contributed by atoms with Gasteiger partial charge in [0, 0.05) is 15.8 Å². The van der Waals surface area contributed by atoms with Crippen LogP contribution in [0.5, 0.6) is 0 Å². The molecule has 0 bridgehead atoms. The first-order chi connectivity index (χ1) is 8.13. The first kappa shape index (κ1) is 11.7. The van der Waals surface area contributed by atoms with Crippen molar-refractivity contribution in [2.24, 2.45) is 0 Å². The summed E-state index contributed by atoms with van der Waals surface area (Å²) in [6, 6.07) is 5.40. The molecule has 0 unspecified atom stereocenters. The maximum absolute atomic E-state index is 11.5. The Balaban J connectivity index is 1.82. The number of rotatable bonds is 3. The molecule has 0 saturated heterocycles. The van der Waals surface area contributed by atoms with Gasteiger partial charge in [0.15, 0.2) is 5.82 Å². The third kappa shape index (κ3) is 3.32. The van der Waals surface area contributed by atoms with Crippen molar-refractivity contribution in [3.63, 3.8) is 0 Å². The lowest BCUT2D eigenvalue weighted by Crippen LogP contribution is -2.27. The first-order valence-electron chi connectivity index (χ1n) is 5.17. The van der Waals surface area contributed by atoms with Crippen molar-refractivity contribution in [3.8, 4) is 0 Å². The molecule has 0 aliphatic heterocycles. The normalized spacial score (nSPS) is 10.2. The maximum atomic E-state index is 11.5. The number of thiophene rings is 1. The molecule has 0 atom stereocenters. The van der Waals surface area contributed by atoms with Crippen LogP contribution in [-0.4, -0.2) is 11.2 Å². The van der Waals surface area contributed by atoms with Crippen LogP contribution >= 0.6 is 11.3 Å². The number of aromatic nitrogens is 1. The fraction of sp³-hybridized carbons (Fsp3) is 0.273. The summed E-state index contributed by atoms with van der Waals surface area (Å²) in [4.78, 5) is 13.9. The van der Waals surface area contributed by atoms with E-state index in [1.54, 1.807) is 24.3 Å². The summed E-state index contributed by atoms with van der Waals surface area (Å²) in [7, 11) is 0. The highest BCUT2D eigenvalue weighted by Gasteiger charge is 2.05. The van der Waals surface area contributed by atoms with Gasteiger partial charge in [0.25, 0.3) is 0 Å². The number of anilines is 1. The van der Waals surface area contributed by atoms with Gasteiger partial charge in [-0.15, -0.1) is 11.3 Å². The van der Waals surface area contributed by atoms with Crippen molar-refractivity contribution in [3.05, 3.63) is 33.7 Å². The molecule has 0 radical (unpaired) electrons. The number of hydrogen-bond acceptors (Lipinski definition) is 4. The zero-order chi connectivity index (χ0) is 12.3. The largest absolute Gasteiger partial charge is 0.360 e. The molecule has 2 aromatic rings. The van der Waals surface area contributed by atoms with Gasteiger partial charge in [-0.1, -0.05) is 5.16 Å². The summed E-state index contributed by atoms with van der Waals surface area (Å²) in [5.41, 5.74) is 0. The third-order valence-corrected chi connectivity index (χ3v) is 3.09. The molecule has 2 aromatic heterocycles. The summed E-state index contributed by atoms with van der Waals surface area (Å²) >= 11 is 1.66. The molecular weight excluding hydrogens is 238 g/mol. The van der Waals surface area contributed by atoms with Crippen molar-refractivity contribution in [1.29, 1.82) is 0 Å². The molecule has 0 saturated carbocycles. The molecule has 2 amide bonds. The van der Waals surface area contributed by atoms with Gasteiger partial charge in [0.1, 0.15) is 5.76 Å². The van der Waals surface area contributed by atoms with Crippen LogP contribution in [0.3, 0.4) is 0 Å². The zero-order valence-corrected chi connectivity index (χ0v) is 10.4. The van der Waals surface area contributed by atoms with E-state index in [9.17, 15) is 4.79 Å². The molecule has 0 aromatic carbocycles. The van der Waals surface area contributed by atoms with Crippen LogP contribution in [-0.2, 0) is 6.54 Å². The first-order valence-corrected chi connectivity index (χ1v) is 5.98. The van der Waals surface area contributed by atoms with Crippen molar-refractivity contribution >= 4 is 23.2 Å². The highest BCUT2D eigenvalue weighted by atomic mass is 32.1. The minimum atomic E-state index is -0.288. The van der Waals surface area contributed by atoms with E-state index < -0.39 is 0 Å². The number of nitrogens with zero attached hydrogens (tertiary/aromatic N) is 1. The Morgan fingerprint density at radius 3 is 2.88 bits per heavy atom. The molecule has 2 heterocycles. The smallest absolute Gasteiger partial charge is 0.320 e. The molecule has 2 rings (SSSR count). The summed E-state index contributed by atoms with van der Waals surface area (Å²) in [5, 5.41) is 9.01. The molecular formula is C11H13N3O2S. The number of hydrogen-bond donors (Lipinski definition) is 2. The monoisotopic (exact) mass is 251 g/mol. The SMILES string of the molecule is Cc1cc(NC(=O)NCc2ccc(C)s2)no1. The van der Waals surface area contributed by atoms with Gasteiger partial charge in [0.2, 0.25) is 0 Å². The van der Waals surface area contributed by atoms with E-state index in [1.807, 2.05) is 19.1 Å². The van der Waals surface area contributed by atoms with Gasteiger partial charge >= 0.3 is 6.03 Å². The fourth-order valence-corrected chi connectivity index (χ4v) is 2.16. The lowest BCUT2D eigenvalue weighted by Gasteiger charge is -2.02. The van der Waals surface area contributed by atoms with E-state index in [-0.39, 0.29) is 6.03 Å². The highest BCUT2D eigenvalue weighted by Crippen LogP contribution is 2.14. The minimum absolute atomic E-state index is 0.288. The lowest BCUT2D eigenvalue weighted by molar-refractivity contribution is 0.251. The molecule has 2 N–H and O–H groups in total. The van der Waals surface area contributed by atoms with E-state index in [0.717, 1.165) is 4.88 Å². The topological polar surface area (TPSA) is 67.2 Å². The number of carbonyl (C=O) groups excluding carboxylic acids is 1. The molecule has 5 nitrogen and oxygen atoms in total. The predicted octanol–water partition coefficient (Wildman–Crippen LogP) is 2.67. The molecule has 0 fully saturated rings. The molecule has 17 heavy (non-hydrogen) atoms. The van der Waals surface area contributed by atoms with E-state index in [4.69, 9.17) is 4.52 Å². The maximum Gasteiger partial charge on any atom is 0.320 e. The van der Waals surface area contributed by atoms with E-state index in [2.05, 4.69) is 15.8 Å². The van der Waals surface area contributed by atoms with Gasteiger partial charge < -0.3 is 9.84 Å². The average molecular weight is 251 g/mol. The number of nitrogens with one attached hydrogen (secondary N) is 2. The Morgan fingerprint density at radius 1 is 1.47 bits per heavy atom. The van der Waals surface area contributed by atoms with Gasteiger partial charge in [-0.05, 0) is 26.0 Å². The summed E-state index contributed by atoms with van der Waals surface area (Å²) in [6.07, 6.45) is 0. The van der Waals surface area contributed by atoms with Crippen LogP contribution in [0.15, 0.2) is 22.7 Å². The molecule has 0 aliphatic rings. The Morgan fingerprint density at radius 2 is 2.29 bits per heavy atom. The van der Waals surface area contributed by atoms with Crippen molar-refractivity contribution < 1.29 is 9.32 Å². The van der Waals surface area contributed by atoms with Crippen LogP contribution in [0.2, 0.25) is 0 Å². The average Bonchev–Trinajstić information content (AvgIpc) is 2.85. The van der Waals surface area contributed by atoms with Gasteiger partial charge in [0.05, 0.1) is 6.54 Å². The fourth-order valence-electron chi connectivity index (χ4n) is 1.33. The quantitative estimate of drug-likeness (QED) is 0.881. The van der Waals surface area contributed by atoms with Crippen molar-refractivity contribution in [2.45, 2.75) is 20.4 Å². The number of amides is 2. The Bertz CT molecular complexity index is 518. The molecule has 0 aliphatic carbocycles. The standard InChI is InChI=1S/C11H13N3O2S/c1-7-5-10(14-16-7)13-11(15)12-6-9-4-3-8(2)17-9/h3-5H,6H2,1-2H3,(H2,12,13,14,15). The lowest BCUT2D eigenvalue weighted by atomic mass is 10.4.